The zero-order chi connectivity index (χ0) is 26.4. The first-order chi connectivity index (χ1) is 17.9. The Kier molecular flexibility index (Phi) is 7.98. The van der Waals surface area contributed by atoms with E-state index in [0.29, 0.717) is 34.9 Å². The summed E-state index contributed by atoms with van der Waals surface area (Å²) in [7, 11) is 0. The number of ketones is 1. The highest BCUT2D eigenvalue weighted by Crippen LogP contribution is 2.42. The summed E-state index contributed by atoms with van der Waals surface area (Å²) in [5.41, 5.74) is 2.02. The number of aromatic nitrogens is 1. The lowest BCUT2D eigenvalue weighted by Gasteiger charge is -2.25. The van der Waals surface area contributed by atoms with E-state index in [-0.39, 0.29) is 17.2 Å². The number of Topliss-reactive ketones (excluding diaryl/α,β-unsaturated/α-hetero) is 1. The minimum atomic E-state index is -0.861. The van der Waals surface area contributed by atoms with E-state index in [2.05, 4.69) is 17.2 Å². The van der Waals surface area contributed by atoms with Gasteiger partial charge in [0.05, 0.1) is 18.2 Å². The van der Waals surface area contributed by atoms with Crippen LogP contribution in [-0.4, -0.2) is 34.3 Å². The van der Waals surface area contributed by atoms with E-state index < -0.39 is 17.7 Å². The number of carbonyl (C=O) groups excluding carboxylic acids is 3. The average Bonchev–Trinajstić information content (AvgIpc) is 3.17. The molecule has 1 saturated heterocycles. The van der Waals surface area contributed by atoms with Gasteiger partial charge in [0.2, 0.25) is 5.91 Å². The van der Waals surface area contributed by atoms with Crippen molar-refractivity contribution in [3.8, 4) is 5.75 Å². The fourth-order valence-corrected chi connectivity index (χ4v) is 4.28. The maximum absolute atomic E-state index is 13.3. The summed E-state index contributed by atoms with van der Waals surface area (Å²) in [4.78, 5) is 43.3. The molecule has 8 heteroatoms. The van der Waals surface area contributed by atoms with Gasteiger partial charge in [-0.1, -0.05) is 19.8 Å². The number of aliphatic hydroxyl groups is 1. The first-order valence-electron chi connectivity index (χ1n) is 12.2. The molecule has 190 valence electrons. The number of ether oxygens (including phenoxy) is 1. The lowest BCUT2D eigenvalue weighted by atomic mass is 9.95. The molecule has 2 amide bonds. The number of anilines is 2. The number of amides is 2. The second-order valence-electron chi connectivity index (χ2n) is 8.76. The SMILES string of the molecule is CCCCCOc1ccc(/C(O)=C2/C(=O)C(=O)N(c3ccc(NC(C)=O)cc3)C2c2ccncc2)cc1. The second-order valence-corrected chi connectivity index (χ2v) is 8.76. The molecule has 2 heterocycles. The van der Waals surface area contributed by atoms with Crippen molar-refractivity contribution in [3.05, 3.63) is 89.8 Å². The molecule has 2 aromatic carbocycles. The highest BCUT2D eigenvalue weighted by Gasteiger charge is 2.46. The summed E-state index contributed by atoms with van der Waals surface area (Å²) in [6, 6.07) is 16.0. The van der Waals surface area contributed by atoms with Crippen LogP contribution in [0.5, 0.6) is 5.75 Å². The van der Waals surface area contributed by atoms with Gasteiger partial charge in [0, 0.05) is 36.3 Å². The fourth-order valence-electron chi connectivity index (χ4n) is 4.28. The van der Waals surface area contributed by atoms with Crippen LogP contribution in [0, 0.1) is 0 Å². The third-order valence-electron chi connectivity index (χ3n) is 6.08. The van der Waals surface area contributed by atoms with Crippen molar-refractivity contribution in [2.75, 3.05) is 16.8 Å². The molecule has 8 nitrogen and oxygen atoms in total. The van der Waals surface area contributed by atoms with Crippen LogP contribution >= 0.6 is 0 Å². The number of nitrogens with one attached hydrogen (secondary N) is 1. The lowest BCUT2D eigenvalue weighted by molar-refractivity contribution is -0.132. The van der Waals surface area contributed by atoms with Crippen LogP contribution in [0.3, 0.4) is 0 Å². The van der Waals surface area contributed by atoms with E-state index in [9.17, 15) is 19.5 Å². The Bertz CT molecular complexity index is 1300. The maximum atomic E-state index is 13.3. The van der Waals surface area contributed by atoms with Gasteiger partial charge in [0.25, 0.3) is 11.7 Å². The standard InChI is InChI=1S/C29H29N3O5/c1-3-4-5-18-37-24-12-6-21(7-13-24)27(34)25-26(20-14-16-30-17-15-20)32(29(36)28(25)35)23-10-8-22(9-11-23)31-19(2)33/h6-17,26,34H,3-5,18H2,1-2H3,(H,31,33)/b27-25-. The van der Waals surface area contributed by atoms with Crippen LogP contribution in [0.4, 0.5) is 11.4 Å². The summed E-state index contributed by atoms with van der Waals surface area (Å²) in [5, 5.41) is 13.9. The predicted molar refractivity (Wildman–Crippen MR) is 141 cm³/mol. The summed E-state index contributed by atoms with van der Waals surface area (Å²) in [5.74, 6) is -1.37. The Balaban J connectivity index is 1.71. The molecular formula is C29H29N3O5. The third kappa shape index (κ3) is 5.69. The van der Waals surface area contributed by atoms with Gasteiger partial charge >= 0.3 is 0 Å². The molecule has 1 fully saturated rings. The molecule has 0 aliphatic carbocycles. The molecule has 1 aliphatic rings. The van der Waals surface area contributed by atoms with Crippen LogP contribution in [-0.2, 0) is 14.4 Å². The van der Waals surface area contributed by atoms with Gasteiger partial charge in [-0.15, -0.1) is 0 Å². The van der Waals surface area contributed by atoms with Gasteiger partial charge in [-0.3, -0.25) is 24.3 Å². The largest absolute Gasteiger partial charge is 0.507 e. The van der Waals surface area contributed by atoms with Crippen molar-refractivity contribution >= 4 is 34.7 Å². The first-order valence-corrected chi connectivity index (χ1v) is 12.2. The zero-order valence-corrected chi connectivity index (χ0v) is 20.8. The molecule has 1 aromatic heterocycles. The number of hydrogen-bond donors (Lipinski definition) is 2. The second kappa shape index (κ2) is 11.5. The van der Waals surface area contributed by atoms with E-state index in [4.69, 9.17) is 4.74 Å². The van der Waals surface area contributed by atoms with Crippen LogP contribution in [0.15, 0.2) is 78.6 Å². The zero-order valence-electron chi connectivity index (χ0n) is 20.8. The van der Waals surface area contributed by atoms with Gasteiger partial charge < -0.3 is 15.2 Å². The quantitative estimate of drug-likeness (QED) is 0.180. The highest BCUT2D eigenvalue weighted by atomic mass is 16.5. The number of pyridine rings is 1. The predicted octanol–water partition coefficient (Wildman–Crippen LogP) is 5.24. The van der Waals surface area contributed by atoms with Gasteiger partial charge in [-0.25, -0.2) is 0 Å². The van der Waals surface area contributed by atoms with Gasteiger partial charge in [-0.2, -0.15) is 0 Å². The smallest absolute Gasteiger partial charge is 0.300 e. The molecule has 1 atom stereocenters. The van der Waals surface area contributed by atoms with Crippen molar-refractivity contribution in [2.24, 2.45) is 0 Å². The Morgan fingerprint density at radius 1 is 1.00 bits per heavy atom. The lowest BCUT2D eigenvalue weighted by Crippen LogP contribution is -2.29. The van der Waals surface area contributed by atoms with E-state index in [1.165, 1.54) is 11.8 Å². The third-order valence-corrected chi connectivity index (χ3v) is 6.08. The van der Waals surface area contributed by atoms with Crippen molar-refractivity contribution in [3.63, 3.8) is 0 Å². The minimum absolute atomic E-state index is 0.0150. The van der Waals surface area contributed by atoms with Crippen molar-refractivity contribution in [2.45, 2.75) is 39.2 Å². The molecule has 1 unspecified atom stereocenters. The summed E-state index contributed by atoms with van der Waals surface area (Å²) >= 11 is 0. The van der Waals surface area contributed by atoms with E-state index in [0.717, 1.165) is 19.3 Å². The van der Waals surface area contributed by atoms with Gasteiger partial charge in [0.15, 0.2) is 0 Å². The summed E-state index contributed by atoms with van der Waals surface area (Å²) in [6.07, 6.45) is 6.29. The molecule has 1 aliphatic heterocycles. The van der Waals surface area contributed by atoms with Crippen LogP contribution in [0.1, 0.15) is 50.3 Å². The van der Waals surface area contributed by atoms with Crippen LogP contribution < -0.4 is 15.0 Å². The number of unbranched alkanes of at least 4 members (excludes halogenated alkanes) is 2. The monoisotopic (exact) mass is 499 g/mol. The number of aliphatic hydroxyl groups excluding tert-OH is 1. The molecule has 0 bridgehead atoms. The van der Waals surface area contributed by atoms with Crippen molar-refractivity contribution < 1.29 is 24.2 Å². The first kappa shape index (κ1) is 25.6. The molecule has 3 aromatic rings. The van der Waals surface area contributed by atoms with Gasteiger partial charge in [-0.05, 0) is 72.6 Å². The topological polar surface area (TPSA) is 109 Å². The number of hydrogen-bond acceptors (Lipinski definition) is 6. The number of carbonyl (C=O) groups is 3. The normalized spacial score (nSPS) is 16.6. The summed E-state index contributed by atoms with van der Waals surface area (Å²) < 4.78 is 5.75. The van der Waals surface area contributed by atoms with Crippen molar-refractivity contribution in [1.82, 2.24) is 4.98 Å². The van der Waals surface area contributed by atoms with Crippen LogP contribution in [0.25, 0.3) is 5.76 Å². The van der Waals surface area contributed by atoms with E-state index in [1.807, 2.05) is 0 Å². The Morgan fingerprint density at radius 3 is 2.30 bits per heavy atom. The Morgan fingerprint density at radius 2 is 1.68 bits per heavy atom. The number of nitrogens with zero attached hydrogens (tertiary/aromatic N) is 2. The molecule has 0 spiro atoms. The maximum Gasteiger partial charge on any atom is 0.300 e. The molecule has 4 rings (SSSR count). The average molecular weight is 500 g/mol. The highest BCUT2D eigenvalue weighted by molar-refractivity contribution is 6.51. The molecule has 2 N–H and O–H groups in total. The number of benzene rings is 2. The Hall–Kier alpha value is -4.46. The minimum Gasteiger partial charge on any atom is -0.507 e. The summed E-state index contributed by atoms with van der Waals surface area (Å²) in [6.45, 7) is 4.13. The molecule has 37 heavy (non-hydrogen) atoms. The van der Waals surface area contributed by atoms with E-state index in [1.54, 1.807) is 73.1 Å². The van der Waals surface area contributed by atoms with E-state index >= 15 is 0 Å². The molecule has 0 radical (unpaired) electrons. The van der Waals surface area contributed by atoms with Crippen LogP contribution in [0.2, 0.25) is 0 Å². The van der Waals surface area contributed by atoms with Gasteiger partial charge in [0.1, 0.15) is 11.5 Å². The molecule has 0 saturated carbocycles. The Labute approximate surface area is 215 Å². The molecular weight excluding hydrogens is 470 g/mol. The van der Waals surface area contributed by atoms with Crippen molar-refractivity contribution in [1.29, 1.82) is 0 Å². The number of rotatable bonds is 9. The fraction of sp³-hybridized carbons (Fsp3) is 0.241.